The lowest BCUT2D eigenvalue weighted by Gasteiger charge is -2.03. The van der Waals surface area contributed by atoms with E-state index in [-0.39, 0.29) is 11.6 Å². The van der Waals surface area contributed by atoms with E-state index in [4.69, 9.17) is 0 Å². The van der Waals surface area contributed by atoms with Crippen LogP contribution in [0.4, 0.5) is 8.78 Å². The third kappa shape index (κ3) is 4.65. The van der Waals surface area contributed by atoms with Gasteiger partial charge in [-0.1, -0.05) is 66.4 Å². The molecule has 0 fully saturated rings. The van der Waals surface area contributed by atoms with Crippen LogP contribution in [0.2, 0.25) is 0 Å². The standard InChI is InChI=1S/C23H16F2/c24-22-16-10-18(11-17-22)6-4-5-9-23(25)21-14-12-20(13-15-21)19-7-2-1-3-8-19/h1-3,7-17H,5H2. The van der Waals surface area contributed by atoms with E-state index in [0.717, 1.165) is 11.1 Å². The predicted octanol–water partition coefficient (Wildman–Crippen LogP) is 6.24. The molecule has 0 spiro atoms. The van der Waals surface area contributed by atoms with Crippen molar-refractivity contribution in [2.75, 3.05) is 0 Å². The highest BCUT2D eigenvalue weighted by atomic mass is 19.1. The Morgan fingerprint density at radius 3 is 2.12 bits per heavy atom. The molecule has 3 rings (SSSR count). The Labute approximate surface area is 146 Å². The Morgan fingerprint density at radius 2 is 1.44 bits per heavy atom. The highest BCUT2D eigenvalue weighted by Crippen LogP contribution is 2.23. The molecule has 0 unspecified atom stereocenters. The number of rotatable bonds is 3. The topological polar surface area (TPSA) is 0 Å². The van der Waals surface area contributed by atoms with Gasteiger partial charge in [0.15, 0.2) is 0 Å². The summed E-state index contributed by atoms with van der Waals surface area (Å²) in [6.07, 6.45) is 1.75. The van der Waals surface area contributed by atoms with E-state index in [1.165, 1.54) is 18.2 Å². The molecule has 0 radical (unpaired) electrons. The van der Waals surface area contributed by atoms with Crippen LogP contribution in [0, 0.1) is 17.7 Å². The van der Waals surface area contributed by atoms with Gasteiger partial charge in [-0.05, 0) is 41.5 Å². The molecule has 0 aromatic heterocycles. The fourth-order valence-electron chi connectivity index (χ4n) is 2.40. The van der Waals surface area contributed by atoms with Gasteiger partial charge in [-0.2, -0.15) is 0 Å². The van der Waals surface area contributed by atoms with Crippen LogP contribution in [0.3, 0.4) is 0 Å². The second kappa shape index (κ2) is 8.08. The molecule has 0 N–H and O–H groups in total. The molecule has 0 amide bonds. The minimum absolute atomic E-state index is 0.295. The minimum atomic E-state index is -0.298. The average molecular weight is 330 g/mol. The van der Waals surface area contributed by atoms with Gasteiger partial charge < -0.3 is 0 Å². The highest BCUT2D eigenvalue weighted by molar-refractivity contribution is 5.67. The smallest absolute Gasteiger partial charge is 0.127 e. The summed E-state index contributed by atoms with van der Waals surface area (Å²) in [5.41, 5.74) is 3.39. The second-order valence-electron chi connectivity index (χ2n) is 5.51. The Bertz CT molecular complexity index is 910. The molecule has 25 heavy (non-hydrogen) atoms. The van der Waals surface area contributed by atoms with E-state index in [0.29, 0.717) is 17.5 Å². The number of benzene rings is 3. The van der Waals surface area contributed by atoms with Crippen molar-refractivity contribution in [3.05, 3.63) is 102 Å². The minimum Gasteiger partial charge on any atom is -0.207 e. The van der Waals surface area contributed by atoms with Gasteiger partial charge in [0.2, 0.25) is 0 Å². The Balaban J connectivity index is 1.65. The van der Waals surface area contributed by atoms with E-state index in [1.54, 1.807) is 24.3 Å². The predicted molar refractivity (Wildman–Crippen MR) is 98.9 cm³/mol. The molecule has 3 aromatic carbocycles. The number of hydrogen-bond donors (Lipinski definition) is 0. The molecule has 0 atom stereocenters. The van der Waals surface area contributed by atoms with E-state index in [1.807, 2.05) is 42.5 Å². The van der Waals surface area contributed by atoms with E-state index in [9.17, 15) is 8.78 Å². The summed E-state index contributed by atoms with van der Waals surface area (Å²) in [6.45, 7) is 0. The third-order valence-corrected chi connectivity index (χ3v) is 3.73. The van der Waals surface area contributed by atoms with Crippen molar-refractivity contribution >= 4 is 5.83 Å². The first-order valence-electron chi connectivity index (χ1n) is 7.98. The molecule has 2 heteroatoms. The maximum atomic E-state index is 14.2. The first-order chi connectivity index (χ1) is 12.2. The van der Waals surface area contributed by atoms with E-state index < -0.39 is 0 Å². The van der Waals surface area contributed by atoms with Gasteiger partial charge in [0.25, 0.3) is 0 Å². The van der Waals surface area contributed by atoms with Gasteiger partial charge in [-0.15, -0.1) is 0 Å². The summed E-state index contributed by atoms with van der Waals surface area (Å²) in [5, 5.41) is 0. The average Bonchev–Trinajstić information content (AvgIpc) is 2.67. The van der Waals surface area contributed by atoms with Crippen LogP contribution in [-0.4, -0.2) is 0 Å². The molecule has 0 nitrogen and oxygen atoms in total. The lowest BCUT2D eigenvalue weighted by atomic mass is 10.0. The van der Waals surface area contributed by atoms with Crippen LogP contribution >= 0.6 is 0 Å². The van der Waals surface area contributed by atoms with Crippen LogP contribution in [0.5, 0.6) is 0 Å². The molecule has 0 heterocycles. The molecule has 0 saturated carbocycles. The number of halogens is 2. The molecular weight excluding hydrogens is 314 g/mol. The zero-order valence-corrected chi connectivity index (χ0v) is 13.5. The van der Waals surface area contributed by atoms with Crippen LogP contribution in [0.25, 0.3) is 17.0 Å². The van der Waals surface area contributed by atoms with Crippen molar-refractivity contribution in [1.82, 2.24) is 0 Å². The molecule has 0 bridgehead atoms. The van der Waals surface area contributed by atoms with E-state index in [2.05, 4.69) is 11.8 Å². The monoisotopic (exact) mass is 330 g/mol. The molecule has 0 aliphatic heterocycles. The second-order valence-corrected chi connectivity index (χ2v) is 5.51. The first kappa shape index (κ1) is 16.7. The summed E-state index contributed by atoms with van der Waals surface area (Å²) in [5.74, 6) is 5.16. The Kier molecular flexibility index (Phi) is 5.39. The molecule has 3 aromatic rings. The van der Waals surface area contributed by atoms with Crippen molar-refractivity contribution in [2.45, 2.75) is 6.42 Å². The van der Waals surface area contributed by atoms with Crippen molar-refractivity contribution < 1.29 is 8.78 Å². The zero-order chi connectivity index (χ0) is 17.5. The fraction of sp³-hybridized carbons (Fsp3) is 0.0435. The van der Waals surface area contributed by atoms with Crippen LogP contribution < -0.4 is 0 Å². The number of allylic oxidation sites excluding steroid dienone is 1. The van der Waals surface area contributed by atoms with Gasteiger partial charge in [0, 0.05) is 17.5 Å². The fourth-order valence-corrected chi connectivity index (χ4v) is 2.40. The summed E-state index contributed by atoms with van der Waals surface area (Å²) < 4.78 is 27.0. The van der Waals surface area contributed by atoms with Crippen molar-refractivity contribution in [2.24, 2.45) is 0 Å². The summed E-state index contributed by atoms with van der Waals surface area (Å²) in [6, 6.07) is 23.2. The molecule has 0 aliphatic rings. The van der Waals surface area contributed by atoms with Crippen LogP contribution in [0.15, 0.2) is 84.9 Å². The van der Waals surface area contributed by atoms with Crippen LogP contribution in [0.1, 0.15) is 17.5 Å². The van der Waals surface area contributed by atoms with Gasteiger partial charge in [0.05, 0.1) is 0 Å². The molecular formula is C23H16F2. The largest absolute Gasteiger partial charge is 0.207 e. The molecule has 122 valence electrons. The van der Waals surface area contributed by atoms with E-state index >= 15 is 0 Å². The Morgan fingerprint density at radius 1 is 0.800 bits per heavy atom. The lowest BCUT2D eigenvalue weighted by molar-refractivity contribution is 0.627. The van der Waals surface area contributed by atoms with Crippen molar-refractivity contribution in [3.63, 3.8) is 0 Å². The SMILES string of the molecule is FC(=CCC#Cc1ccc(F)cc1)c1ccc(-c2ccccc2)cc1. The molecule has 0 saturated heterocycles. The van der Waals surface area contributed by atoms with Crippen LogP contribution in [-0.2, 0) is 0 Å². The maximum Gasteiger partial charge on any atom is 0.127 e. The normalized spacial score (nSPS) is 10.9. The third-order valence-electron chi connectivity index (χ3n) is 3.73. The number of hydrogen-bond acceptors (Lipinski definition) is 0. The molecule has 0 aliphatic carbocycles. The maximum absolute atomic E-state index is 14.2. The Hall–Kier alpha value is -3.18. The summed E-state index contributed by atoms with van der Waals surface area (Å²) in [7, 11) is 0. The van der Waals surface area contributed by atoms with Gasteiger partial charge >= 0.3 is 0 Å². The quantitative estimate of drug-likeness (QED) is 0.498. The van der Waals surface area contributed by atoms with Gasteiger partial charge in [0.1, 0.15) is 11.6 Å². The van der Waals surface area contributed by atoms with Crippen molar-refractivity contribution in [1.29, 1.82) is 0 Å². The van der Waals surface area contributed by atoms with Gasteiger partial charge in [-0.3, -0.25) is 0 Å². The summed E-state index contributed by atoms with van der Waals surface area (Å²) in [4.78, 5) is 0. The van der Waals surface area contributed by atoms with Crippen molar-refractivity contribution in [3.8, 4) is 23.0 Å². The lowest BCUT2D eigenvalue weighted by Crippen LogP contribution is -1.81. The summed E-state index contributed by atoms with van der Waals surface area (Å²) >= 11 is 0. The highest BCUT2D eigenvalue weighted by Gasteiger charge is 2.01. The van der Waals surface area contributed by atoms with Gasteiger partial charge in [-0.25, -0.2) is 8.78 Å². The first-order valence-corrected chi connectivity index (χ1v) is 7.98. The zero-order valence-electron chi connectivity index (χ0n) is 13.5.